The third kappa shape index (κ3) is 5.19. The molecule has 0 amide bonds. The van der Waals surface area contributed by atoms with Crippen LogP contribution in [0.1, 0.15) is 28.7 Å². The van der Waals surface area contributed by atoms with Gasteiger partial charge in [0.05, 0.1) is 6.54 Å². The van der Waals surface area contributed by atoms with Crippen LogP contribution < -0.4 is 10.6 Å². The van der Waals surface area contributed by atoms with Crippen molar-refractivity contribution in [3.05, 3.63) is 83.4 Å². The molecule has 1 unspecified atom stereocenters. The monoisotopic (exact) mass is 376 g/mol. The van der Waals surface area contributed by atoms with E-state index in [2.05, 4.69) is 86.5 Å². The zero-order chi connectivity index (χ0) is 19.8. The topological polar surface area (TPSA) is 67.1 Å². The number of hydrogen-bond donors (Lipinski definition) is 2. The predicted molar refractivity (Wildman–Crippen MR) is 113 cm³/mol. The summed E-state index contributed by atoms with van der Waals surface area (Å²) in [5.41, 5.74) is 2.65. The normalized spacial score (nSPS) is 12.6. The van der Waals surface area contributed by atoms with Crippen LogP contribution in [-0.2, 0) is 20.0 Å². The minimum atomic E-state index is 0.347. The maximum atomic E-state index is 4.35. The van der Waals surface area contributed by atoms with Crippen molar-refractivity contribution in [1.82, 2.24) is 25.4 Å². The van der Waals surface area contributed by atoms with Crippen LogP contribution in [0.3, 0.4) is 0 Å². The van der Waals surface area contributed by atoms with Crippen molar-refractivity contribution in [3.63, 3.8) is 0 Å². The van der Waals surface area contributed by atoms with E-state index in [-0.39, 0.29) is 0 Å². The summed E-state index contributed by atoms with van der Waals surface area (Å²) in [6.07, 6.45) is 0.970. The SMILES string of the molecule is CN=C(NCc1nnc(C)n1C)NCC(Cc1ccccc1)c1ccccc1. The molecule has 0 fully saturated rings. The number of nitrogens with zero attached hydrogens (tertiary/aromatic N) is 4. The van der Waals surface area contributed by atoms with Crippen LogP contribution in [0.15, 0.2) is 65.7 Å². The van der Waals surface area contributed by atoms with Gasteiger partial charge >= 0.3 is 0 Å². The maximum absolute atomic E-state index is 4.35. The van der Waals surface area contributed by atoms with Gasteiger partial charge in [0.2, 0.25) is 0 Å². The fourth-order valence-electron chi connectivity index (χ4n) is 3.14. The fraction of sp³-hybridized carbons (Fsp3) is 0.318. The average molecular weight is 377 g/mol. The van der Waals surface area contributed by atoms with Crippen LogP contribution in [0.5, 0.6) is 0 Å². The highest BCUT2D eigenvalue weighted by atomic mass is 15.3. The predicted octanol–water partition coefficient (Wildman–Crippen LogP) is 2.82. The minimum Gasteiger partial charge on any atom is -0.356 e. The number of aryl methyl sites for hydroxylation is 1. The van der Waals surface area contributed by atoms with Crippen molar-refractivity contribution in [1.29, 1.82) is 0 Å². The second kappa shape index (κ2) is 9.69. The van der Waals surface area contributed by atoms with Crippen LogP contribution in [0.4, 0.5) is 0 Å². The molecule has 2 N–H and O–H groups in total. The Labute approximate surface area is 166 Å². The molecule has 0 aliphatic rings. The molecule has 6 nitrogen and oxygen atoms in total. The van der Waals surface area contributed by atoms with E-state index in [0.717, 1.165) is 30.6 Å². The van der Waals surface area contributed by atoms with E-state index in [1.807, 2.05) is 18.5 Å². The maximum Gasteiger partial charge on any atom is 0.191 e. The molecule has 1 heterocycles. The van der Waals surface area contributed by atoms with E-state index in [0.29, 0.717) is 12.5 Å². The van der Waals surface area contributed by atoms with E-state index >= 15 is 0 Å². The van der Waals surface area contributed by atoms with Crippen molar-refractivity contribution < 1.29 is 0 Å². The number of nitrogens with one attached hydrogen (secondary N) is 2. The molecule has 3 rings (SSSR count). The number of guanidine groups is 1. The number of aromatic nitrogens is 3. The molecule has 0 radical (unpaired) electrons. The molecule has 3 aromatic rings. The van der Waals surface area contributed by atoms with E-state index in [4.69, 9.17) is 0 Å². The van der Waals surface area contributed by atoms with Gasteiger partial charge in [-0.2, -0.15) is 0 Å². The van der Waals surface area contributed by atoms with Gasteiger partial charge in [-0.3, -0.25) is 4.99 Å². The summed E-state index contributed by atoms with van der Waals surface area (Å²) in [4.78, 5) is 4.35. The molecule has 0 saturated carbocycles. The van der Waals surface area contributed by atoms with Gasteiger partial charge in [-0.15, -0.1) is 10.2 Å². The Morgan fingerprint density at radius 3 is 2.29 bits per heavy atom. The Morgan fingerprint density at radius 2 is 1.68 bits per heavy atom. The lowest BCUT2D eigenvalue weighted by atomic mass is 9.92. The smallest absolute Gasteiger partial charge is 0.191 e. The van der Waals surface area contributed by atoms with Crippen molar-refractivity contribution in [2.24, 2.45) is 12.0 Å². The summed E-state index contributed by atoms with van der Waals surface area (Å²) < 4.78 is 1.97. The van der Waals surface area contributed by atoms with E-state index in [9.17, 15) is 0 Å². The van der Waals surface area contributed by atoms with Crippen molar-refractivity contribution in [2.75, 3.05) is 13.6 Å². The van der Waals surface area contributed by atoms with Crippen LogP contribution in [0.25, 0.3) is 0 Å². The summed E-state index contributed by atoms with van der Waals surface area (Å²) in [5.74, 6) is 2.88. The van der Waals surface area contributed by atoms with E-state index in [1.165, 1.54) is 11.1 Å². The summed E-state index contributed by atoms with van der Waals surface area (Å²) in [5, 5.41) is 15.1. The average Bonchev–Trinajstić information content (AvgIpc) is 3.06. The molecule has 1 atom stereocenters. The second-order valence-corrected chi connectivity index (χ2v) is 6.83. The van der Waals surface area contributed by atoms with Crippen molar-refractivity contribution in [2.45, 2.75) is 25.8 Å². The van der Waals surface area contributed by atoms with E-state index in [1.54, 1.807) is 7.05 Å². The highest BCUT2D eigenvalue weighted by Crippen LogP contribution is 2.20. The quantitative estimate of drug-likeness (QED) is 0.492. The Morgan fingerprint density at radius 1 is 1.00 bits per heavy atom. The Hall–Kier alpha value is -3.15. The zero-order valence-corrected chi connectivity index (χ0v) is 16.8. The minimum absolute atomic E-state index is 0.347. The van der Waals surface area contributed by atoms with Crippen LogP contribution >= 0.6 is 0 Å². The van der Waals surface area contributed by atoms with Crippen LogP contribution in [-0.4, -0.2) is 34.3 Å². The molecular weight excluding hydrogens is 348 g/mol. The molecule has 0 bridgehead atoms. The number of aliphatic imine (C=N–C) groups is 1. The summed E-state index contributed by atoms with van der Waals surface area (Å²) in [7, 11) is 3.75. The molecule has 0 aliphatic carbocycles. The summed E-state index contributed by atoms with van der Waals surface area (Å²) in [6, 6.07) is 21.2. The first-order chi connectivity index (χ1) is 13.7. The molecule has 28 heavy (non-hydrogen) atoms. The van der Waals surface area contributed by atoms with E-state index < -0.39 is 0 Å². The largest absolute Gasteiger partial charge is 0.356 e. The summed E-state index contributed by atoms with van der Waals surface area (Å²) >= 11 is 0. The fourth-order valence-corrected chi connectivity index (χ4v) is 3.14. The highest BCUT2D eigenvalue weighted by molar-refractivity contribution is 5.79. The zero-order valence-electron chi connectivity index (χ0n) is 16.8. The van der Waals surface area contributed by atoms with Gasteiger partial charge in [-0.25, -0.2) is 0 Å². The van der Waals surface area contributed by atoms with Gasteiger partial charge in [0.15, 0.2) is 11.8 Å². The van der Waals surface area contributed by atoms with Gasteiger partial charge in [-0.05, 0) is 24.5 Å². The lowest BCUT2D eigenvalue weighted by molar-refractivity contribution is 0.639. The Balaban J connectivity index is 1.63. The van der Waals surface area contributed by atoms with Gasteiger partial charge < -0.3 is 15.2 Å². The Kier molecular flexibility index (Phi) is 6.78. The van der Waals surface area contributed by atoms with Crippen LogP contribution in [0, 0.1) is 6.92 Å². The second-order valence-electron chi connectivity index (χ2n) is 6.83. The first kappa shape index (κ1) is 19.6. The Bertz CT molecular complexity index is 886. The molecule has 6 heteroatoms. The van der Waals surface area contributed by atoms with Crippen LogP contribution in [0.2, 0.25) is 0 Å². The van der Waals surface area contributed by atoms with Gasteiger partial charge in [0.1, 0.15) is 5.82 Å². The molecule has 2 aromatic carbocycles. The molecule has 0 spiro atoms. The van der Waals surface area contributed by atoms with Gasteiger partial charge in [-0.1, -0.05) is 60.7 Å². The van der Waals surface area contributed by atoms with Crippen molar-refractivity contribution in [3.8, 4) is 0 Å². The third-order valence-electron chi connectivity index (χ3n) is 4.93. The standard InChI is InChI=1S/C22H28N6/c1-17-26-27-21(28(17)3)16-25-22(23-2)24-15-20(19-12-8-5-9-13-19)14-18-10-6-4-7-11-18/h4-13,20H,14-16H2,1-3H3,(H2,23,24,25). The molecule has 0 aliphatic heterocycles. The molecular formula is C22H28N6. The number of hydrogen-bond acceptors (Lipinski definition) is 3. The third-order valence-corrected chi connectivity index (χ3v) is 4.93. The number of benzene rings is 2. The lowest BCUT2D eigenvalue weighted by Gasteiger charge is -2.20. The molecule has 1 aromatic heterocycles. The first-order valence-corrected chi connectivity index (χ1v) is 9.55. The molecule has 146 valence electrons. The summed E-state index contributed by atoms with van der Waals surface area (Å²) in [6.45, 7) is 3.31. The van der Waals surface area contributed by atoms with Gasteiger partial charge in [0, 0.05) is 26.6 Å². The first-order valence-electron chi connectivity index (χ1n) is 9.55. The van der Waals surface area contributed by atoms with Gasteiger partial charge in [0.25, 0.3) is 0 Å². The highest BCUT2D eigenvalue weighted by Gasteiger charge is 2.13. The molecule has 0 saturated heterocycles. The lowest BCUT2D eigenvalue weighted by Crippen LogP contribution is -2.39. The van der Waals surface area contributed by atoms with Crippen molar-refractivity contribution >= 4 is 5.96 Å². The number of rotatable bonds is 7.